The molecule has 0 spiro atoms. The van der Waals surface area contributed by atoms with Crippen LogP contribution in [0.25, 0.3) is 0 Å². The van der Waals surface area contributed by atoms with Crippen LogP contribution in [0.5, 0.6) is 5.75 Å². The molecule has 1 aromatic carbocycles. The third-order valence-corrected chi connectivity index (χ3v) is 8.52. The molecule has 174 valence electrons. The maximum atomic E-state index is 13.0. The number of hydrogen-bond acceptors (Lipinski definition) is 5. The third kappa shape index (κ3) is 6.43. The van der Waals surface area contributed by atoms with Gasteiger partial charge in [0.2, 0.25) is 15.9 Å². The number of sulfonamides is 1. The highest BCUT2D eigenvalue weighted by Crippen LogP contribution is 2.25. The van der Waals surface area contributed by atoms with E-state index >= 15 is 0 Å². The highest BCUT2D eigenvalue weighted by molar-refractivity contribution is 7.89. The van der Waals surface area contributed by atoms with Gasteiger partial charge in [-0.1, -0.05) is 19.3 Å². The van der Waals surface area contributed by atoms with Crippen molar-refractivity contribution < 1.29 is 17.9 Å². The summed E-state index contributed by atoms with van der Waals surface area (Å²) in [5.41, 5.74) is 0. The van der Waals surface area contributed by atoms with E-state index in [1.165, 1.54) is 36.4 Å². The van der Waals surface area contributed by atoms with Gasteiger partial charge < -0.3 is 15.0 Å². The Morgan fingerprint density at radius 1 is 1.13 bits per heavy atom. The monoisotopic (exact) mass is 451 g/mol. The van der Waals surface area contributed by atoms with E-state index in [2.05, 4.69) is 17.3 Å². The molecule has 0 radical (unpaired) electrons. The molecule has 1 amide bonds. The lowest BCUT2D eigenvalue weighted by Gasteiger charge is -2.32. The van der Waals surface area contributed by atoms with Crippen LogP contribution in [0.1, 0.15) is 51.4 Å². The predicted octanol–water partition coefficient (Wildman–Crippen LogP) is 2.87. The van der Waals surface area contributed by atoms with Crippen LogP contribution in [-0.2, 0) is 14.8 Å². The molecule has 1 unspecified atom stereocenters. The minimum Gasteiger partial charge on any atom is -0.497 e. The van der Waals surface area contributed by atoms with Crippen molar-refractivity contribution in [1.29, 1.82) is 0 Å². The minimum absolute atomic E-state index is 0.0325. The number of rotatable bonds is 9. The van der Waals surface area contributed by atoms with Crippen molar-refractivity contribution in [3.63, 3.8) is 0 Å². The molecule has 2 fully saturated rings. The number of methoxy groups -OCH3 is 1. The Balaban J connectivity index is 1.46. The summed E-state index contributed by atoms with van der Waals surface area (Å²) >= 11 is 0. The van der Waals surface area contributed by atoms with E-state index in [0.717, 1.165) is 19.4 Å². The average Bonchev–Trinajstić information content (AvgIpc) is 2.82. The summed E-state index contributed by atoms with van der Waals surface area (Å²) in [5.74, 6) is 0.289. The van der Waals surface area contributed by atoms with Crippen LogP contribution < -0.4 is 10.1 Å². The molecule has 1 aliphatic carbocycles. The topological polar surface area (TPSA) is 79.0 Å². The molecule has 8 heteroatoms. The molecule has 0 bridgehead atoms. The largest absolute Gasteiger partial charge is 0.497 e. The van der Waals surface area contributed by atoms with Gasteiger partial charge in [0.15, 0.2) is 0 Å². The van der Waals surface area contributed by atoms with Crippen LogP contribution in [0.15, 0.2) is 29.2 Å². The fourth-order valence-electron chi connectivity index (χ4n) is 4.66. The molecular weight excluding hydrogens is 414 g/mol. The fraction of sp³-hybridized carbons (Fsp3) is 0.696. The molecule has 31 heavy (non-hydrogen) atoms. The van der Waals surface area contributed by atoms with Crippen molar-refractivity contribution in [3.05, 3.63) is 24.3 Å². The number of piperidine rings is 1. The molecule has 2 aliphatic rings. The second-order valence-electron chi connectivity index (χ2n) is 8.79. The molecule has 1 aliphatic heterocycles. The van der Waals surface area contributed by atoms with Crippen molar-refractivity contribution in [2.75, 3.05) is 40.3 Å². The summed E-state index contributed by atoms with van der Waals surface area (Å²) in [4.78, 5) is 15.3. The number of benzene rings is 1. The molecule has 1 saturated heterocycles. The van der Waals surface area contributed by atoms with Crippen LogP contribution in [0.3, 0.4) is 0 Å². The van der Waals surface area contributed by atoms with Gasteiger partial charge in [-0.05, 0) is 70.0 Å². The summed E-state index contributed by atoms with van der Waals surface area (Å²) in [5, 5.41) is 3.03. The maximum Gasteiger partial charge on any atom is 0.243 e. The van der Waals surface area contributed by atoms with E-state index in [1.807, 2.05) is 0 Å². The lowest BCUT2D eigenvalue weighted by Crippen LogP contribution is -2.45. The van der Waals surface area contributed by atoms with Crippen LogP contribution in [0.2, 0.25) is 0 Å². The van der Waals surface area contributed by atoms with Crippen LogP contribution in [0.4, 0.5) is 0 Å². The quantitative estimate of drug-likeness (QED) is 0.584. The van der Waals surface area contributed by atoms with Gasteiger partial charge in [0.1, 0.15) is 5.75 Å². The zero-order valence-corrected chi connectivity index (χ0v) is 19.7. The molecule has 1 N–H and O–H groups in total. The zero-order valence-electron chi connectivity index (χ0n) is 18.9. The molecule has 1 saturated carbocycles. The van der Waals surface area contributed by atoms with Gasteiger partial charge in [0, 0.05) is 25.7 Å². The first-order valence-corrected chi connectivity index (χ1v) is 13.0. The number of hydrogen-bond donors (Lipinski definition) is 1. The van der Waals surface area contributed by atoms with Gasteiger partial charge in [0.05, 0.1) is 17.9 Å². The Morgan fingerprint density at radius 3 is 2.52 bits per heavy atom. The van der Waals surface area contributed by atoms with Gasteiger partial charge in [-0.3, -0.25) is 4.79 Å². The van der Waals surface area contributed by atoms with Crippen LogP contribution >= 0.6 is 0 Å². The summed E-state index contributed by atoms with van der Waals surface area (Å²) < 4.78 is 32.5. The summed E-state index contributed by atoms with van der Waals surface area (Å²) in [7, 11) is 0.117. The van der Waals surface area contributed by atoms with Crippen molar-refractivity contribution in [3.8, 4) is 5.75 Å². The Kier molecular flexibility index (Phi) is 8.75. The first-order valence-electron chi connectivity index (χ1n) is 11.5. The van der Waals surface area contributed by atoms with Crippen molar-refractivity contribution >= 4 is 15.9 Å². The SMILES string of the molecule is COc1ccc(S(=O)(=O)N2CCCC(C(=O)NCCCN(C)C3CCCCC3)C2)cc1. The smallest absolute Gasteiger partial charge is 0.243 e. The number of ether oxygens (including phenoxy) is 1. The second-order valence-corrected chi connectivity index (χ2v) is 10.7. The Hall–Kier alpha value is -1.64. The first-order chi connectivity index (χ1) is 14.9. The molecule has 1 atom stereocenters. The molecular formula is C23H37N3O4S. The third-order valence-electron chi connectivity index (χ3n) is 6.64. The number of carbonyl (C=O) groups excluding carboxylic acids is 1. The van der Waals surface area contributed by atoms with E-state index < -0.39 is 10.0 Å². The van der Waals surface area contributed by atoms with Crippen molar-refractivity contribution in [1.82, 2.24) is 14.5 Å². The summed E-state index contributed by atoms with van der Waals surface area (Å²) in [6, 6.07) is 7.08. The maximum absolute atomic E-state index is 13.0. The predicted molar refractivity (Wildman–Crippen MR) is 122 cm³/mol. The van der Waals surface area contributed by atoms with Crippen LogP contribution in [-0.4, -0.2) is 69.9 Å². The highest BCUT2D eigenvalue weighted by atomic mass is 32.2. The lowest BCUT2D eigenvalue weighted by atomic mass is 9.94. The number of nitrogens with zero attached hydrogens (tertiary/aromatic N) is 2. The minimum atomic E-state index is -3.61. The van der Waals surface area contributed by atoms with Gasteiger partial charge in [0.25, 0.3) is 0 Å². The van der Waals surface area contributed by atoms with E-state index in [0.29, 0.717) is 31.3 Å². The van der Waals surface area contributed by atoms with Gasteiger partial charge >= 0.3 is 0 Å². The molecule has 1 heterocycles. The van der Waals surface area contributed by atoms with E-state index in [1.54, 1.807) is 31.4 Å². The Bertz CT molecular complexity index is 807. The normalized spacial score (nSPS) is 21.2. The second kappa shape index (κ2) is 11.3. The average molecular weight is 452 g/mol. The van der Waals surface area contributed by atoms with Gasteiger partial charge in [-0.2, -0.15) is 4.31 Å². The van der Waals surface area contributed by atoms with Crippen molar-refractivity contribution in [2.45, 2.75) is 62.3 Å². The fourth-order valence-corrected chi connectivity index (χ4v) is 6.18. The lowest BCUT2D eigenvalue weighted by molar-refractivity contribution is -0.126. The zero-order chi connectivity index (χ0) is 22.3. The van der Waals surface area contributed by atoms with Gasteiger partial charge in [-0.25, -0.2) is 8.42 Å². The molecule has 1 aromatic rings. The first kappa shape index (κ1) is 24.0. The summed E-state index contributed by atoms with van der Waals surface area (Å²) in [6.07, 6.45) is 8.90. The van der Waals surface area contributed by atoms with E-state index in [-0.39, 0.29) is 23.3 Å². The standard InChI is InChI=1S/C23H37N3O4S/c1-25(20-9-4-3-5-10-20)16-7-15-24-23(27)19-8-6-17-26(18-19)31(28,29)22-13-11-21(30-2)12-14-22/h11-14,19-20H,3-10,15-18H2,1-2H3,(H,24,27). The Morgan fingerprint density at radius 2 is 1.84 bits per heavy atom. The van der Waals surface area contributed by atoms with E-state index in [9.17, 15) is 13.2 Å². The number of carbonyl (C=O) groups is 1. The number of amides is 1. The summed E-state index contributed by atoms with van der Waals surface area (Å²) in [6.45, 7) is 2.30. The molecule has 3 rings (SSSR count). The van der Waals surface area contributed by atoms with Gasteiger partial charge in [-0.15, -0.1) is 0 Å². The van der Waals surface area contributed by atoms with Crippen LogP contribution in [0, 0.1) is 5.92 Å². The van der Waals surface area contributed by atoms with Crippen molar-refractivity contribution in [2.24, 2.45) is 5.92 Å². The Labute approximate surface area is 187 Å². The molecule has 0 aromatic heterocycles. The number of nitrogens with one attached hydrogen (secondary N) is 1. The van der Waals surface area contributed by atoms with E-state index in [4.69, 9.17) is 4.74 Å². The highest BCUT2D eigenvalue weighted by Gasteiger charge is 2.33. The molecule has 7 nitrogen and oxygen atoms in total.